The second-order valence-electron chi connectivity index (χ2n) is 6.45. The highest BCUT2D eigenvalue weighted by atomic mass is 35.5. The Hall–Kier alpha value is -2.33. The predicted octanol–water partition coefficient (Wildman–Crippen LogP) is 2.86. The maximum atomic E-state index is 12.7. The number of aromatic nitrogens is 2. The van der Waals surface area contributed by atoms with Crippen LogP contribution in [-0.4, -0.2) is 30.3 Å². The van der Waals surface area contributed by atoms with Gasteiger partial charge in [0.1, 0.15) is 4.90 Å². The number of amides is 1. The summed E-state index contributed by atoms with van der Waals surface area (Å²) < 4.78 is 27.5. The molecule has 2 aromatic carbocycles. The largest absolute Gasteiger partial charge is 0.323 e. The minimum atomic E-state index is -3.86. The molecule has 0 aliphatic heterocycles. The summed E-state index contributed by atoms with van der Waals surface area (Å²) in [5.41, 5.74) is 1.11. The maximum Gasteiger partial charge on any atom is 0.323 e. The number of anilines is 1. The first kappa shape index (κ1) is 19.0. The second-order valence-corrected chi connectivity index (χ2v) is 8.95. The first-order chi connectivity index (χ1) is 13.2. The SMILES string of the molecule is O=C(Nc1ccc2[nH]c(=O)[nH]c2c1)c1cc(S(=O)(=O)NC2CC2)c(Cl)cc1Cl. The van der Waals surface area contributed by atoms with Crippen molar-refractivity contribution in [1.29, 1.82) is 0 Å². The number of benzene rings is 2. The summed E-state index contributed by atoms with van der Waals surface area (Å²) >= 11 is 12.2. The van der Waals surface area contributed by atoms with Gasteiger partial charge in [-0.05, 0) is 43.2 Å². The molecule has 146 valence electrons. The molecule has 1 fully saturated rings. The fourth-order valence-corrected chi connectivity index (χ4v) is 4.87. The molecule has 0 bridgehead atoms. The van der Waals surface area contributed by atoms with Crippen LogP contribution in [0.3, 0.4) is 0 Å². The molecule has 11 heteroatoms. The fourth-order valence-electron chi connectivity index (χ4n) is 2.70. The van der Waals surface area contributed by atoms with Crippen molar-refractivity contribution in [2.24, 2.45) is 0 Å². The number of hydrogen-bond acceptors (Lipinski definition) is 4. The third-order valence-corrected chi connectivity index (χ3v) is 6.53. The number of imidazole rings is 1. The third-order valence-electron chi connectivity index (χ3n) is 4.23. The van der Waals surface area contributed by atoms with E-state index in [0.29, 0.717) is 16.7 Å². The molecule has 1 aromatic heterocycles. The Balaban J connectivity index is 1.65. The van der Waals surface area contributed by atoms with Crippen molar-refractivity contribution >= 4 is 55.9 Å². The van der Waals surface area contributed by atoms with Gasteiger partial charge in [-0.1, -0.05) is 23.2 Å². The monoisotopic (exact) mass is 440 g/mol. The normalized spacial score (nSPS) is 14.4. The standard InChI is InChI=1S/C17H14Cl2N4O4S/c18-11-7-12(19)15(28(26,27)23-8-1-2-8)6-10(11)16(24)20-9-3-4-13-14(5-9)22-17(25)21-13/h3-8,23H,1-2H2,(H,20,24)(H2,21,22,25). The number of H-pyrrole nitrogens is 2. The molecule has 0 spiro atoms. The third kappa shape index (κ3) is 3.79. The number of fused-ring (bicyclic) bond motifs is 1. The molecular weight excluding hydrogens is 427 g/mol. The zero-order valence-electron chi connectivity index (χ0n) is 14.2. The maximum absolute atomic E-state index is 12.7. The van der Waals surface area contributed by atoms with Gasteiger partial charge in [0, 0.05) is 11.7 Å². The van der Waals surface area contributed by atoms with E-state index in [1.165, 1.54) is 6.07 Å². The minimum absolute atomic E-state index is 0.0176. The number of sulfonamides is 1. The van der Waals surface area contributed by atoms with Crippen LogP contribution in [-0.2, 0) is 10.0 Å². The minimum Gasteiger partial charge on any atom is -0.322 e. The Kier molecular flexibility index (Phi) is 4.70. The molecule has 1 aliphatic rings. The lowest BCUT2D eigenvalue weighted by Gasteiger charge is -2.12. The summed E-state index contributed by atoms with van der Waals surface area (Å²) in [6, 6.07) is 7.07. The van der Waals surface area contributed by atoms with Gasteiger partial charge in [0.15, 0.2) is 0 Å². The number of aromatic amines is 2. The highest BCUT2D eigenvalue weighted by Crippen LogP contribution is 2.31. The van der Waals surface area contributed by atoms with Gasteiger partial charge >= 0.3 is 5.69 Å². The molecule has 0 saturated heterocycles. The lowest BCUT2D eigenvalue weighted by atomic mass is 10.2. The van der Waals surface area contributed by atoms with Crippen LogP contribution in [0.5, 0.6) is 0 Å². The van der Waals surface area contributed by atoms with Gasteiger partial charge in [-0.3, -0.25) is 4.79 Å². The number of carbonyl (C=O) groups is 1. The molecule has 1 heterocycles. The van der Waals surface area contributed by atoms with Gasteiger partial charge in [0.25, 0.3) is 5.91 Å². The van der Waals surface area contributed by atoms with Crippen LogP contribution in [0.4, 0.5) is 5.69 Å². The van der Waals surface area contributed by atoms with Crippen molar-refractivity contribution in [3.05, 3.63) is 56.4 Å². The summed E-state index contributed by atoms with van der Waals surface area (Å²) in [6.07, 6.45) is 1.53. The Morgan fingerprint density at radius 2 is 1.75 bits per heavy atom. The molecule has 1 aliphatic carbocycles. The topological polar surface area (TPSA) is 124 Å². The molecule has 1 amide bonds. The van der Waals surface area contributed by atoms with E-state index in [1.54, 1.807) is 18.2 Å². The zero-order chi connectivity index (χ0) is 20.1. The summed E-state index contributed by atoms with van der Waals surface area (Å²) in [4.78, 5) is 29.0. The Bertz CT molecular complexity index is 1260. The molecule has 1 saturated carbocycles. The van der Waals surface area contributed by atoms with E-state index in [0.717, 1.165) is 18.9 Å². The number of carbonyl (C=O) groups excluding carboxylic acids is 1. The summed E-state index contributed by atoms with van der Waals surface area (Å²) in [5, 5.41) is 2.58. The smallest absolute Gasteiger partial charge is 0.322 e. The van der Waals surface area contributed by atoms with Crippen molar-refractivity contribution < 1.29 is 13.2 Å². The first-order valence-corrected chi connectivity index (χ1v) is 10.5. The lowest BCUT2D eigenvalue weighted by Crippen LogP contribution is -2.26. The molecule has 4 rings (SSSR count). The van der Waals surface area contributed by atoms with Crippen molar-refractivity contribution in [3.8, 4) is 0 Å². The Morgan fingerprint density at radius 1 is 1.04 bits per heavy atom. The van der Waals surface area contributed by atoms with Crippen LogP contribution in [0.25, 0.3) is 11.0 Å². The van der Waals surface area contributed by atoms with E-state index in [1.807, 2.05) is 0 Å². The predicted molar refractivity (Wildman–Crippen MR) is 107 cm³/mol. The van der Waals surface area contributed by atoms with Crippen molar-refractivity contribution in [2.45, 2.75) is 23.8 Å². The number of hydrogen-bond donors (Lipinski definition) is 4. The summed E-state index contributed by atoms with van der Waals surface area (Å²) in [5.74, 6) is -0.609. The zero-order valence-corrected chi connectivity index (χ0v) is 16.5. The van der Waals surface area contributed by atoms with Gasteiger partial charge in [-0.25, -0.2) is 17.9 Å². The highest BCUT2D eigenvalue weighted by Gasteiger charge is 2.30. The molecule has 4 N–H and O–H groups in total. The summed E-state index contributed by atoms with van der Waals surface area (Å²) in [7, 11) is -3.86. The molecule has 3 aromatic rings. The van der Waals surface area contributed by atoms with E-state index in [4.69, 9.17) is 23.2 Å². The molecular formula is C17H14Cl2N4O4S. The highest BCUT2D eigenvalue weighted by molar-refractivity contribution is 7.89. The van der Waals surface area contributed by atoms with Crippen LogP contribution >= 0.6 is 23.2 Å². The van der Waals surface area contributed by atoms with Crippen LogP contribution < -0.4 is 15.7 Å². The molecule has 0 atom stereocenters. The number of halogens is 2. The van der Waals surface area contributed by atoms with E-state index >= 15 is 0 Å². The molecule has 8 nitrogen and oxygen atoms in total. The van der Waals surface area contributed by atoms with Gasteiger partial charge in [-0.15, -0.1) is 0 Å². The Morgan fingerprint density at radius 3 is 2.46 bits per heavy atom. The van der Waals surface area contributed by atoms with Gasteiger partial charge in [-0.2, -0.15) is 0 Å². The van der Waals surface area contributed by atoms with Crippen molar-refractivity contribution in [3.63, 3.8) is 0 Å². The second kappa shape index (κ2) is 6.93. The van der Waals surface area contributed by atoms with E-state index in [9.17, 15) is 18.0 Å². The molecule has 0 unspecified atom stereocenters. The number of rotatable bonds is 5. The molecule has 0 radical (unpaired) electrons. The summed E-state index contributed by atoms with van der Waals surface area (Å²) in [6.45, 7) is 0. The van der Waals surface area contributed by atoms with Gasteiger partial charge in [0.2, 0.25) is 10.0 Å². The van der Waals surface area contributed by atoms with Crippen LogP contribution in [0.2, 0.25) is 10.0 Å². The van der Waals surface area contributed by atoms with Crippen molar-refractivity contribution in [1.82, 2.24) is 14.7 Å². The van der Waals surface area contributed by atoms with Crippen LogP contribution in [0.1, 0.15) is 23.2 Å². The van der Waals surface area contributed by atoms with Gasteiger partial charge in [0.05, 0.1) is 26.6 Å². The first-order valence-electron chi connectivity index (χ1n) is 8.28. The van der Waals surface area contributed by atoms with E-state index in [2.05, 4.69) is 20.0 Å². The average Bonchev–Trinajstić information content (AvgIpc) is 3.31. The lowest BCUT2D eigenvalue weighted by molar-refractivity contribution is 0.102. The van der Waals surface area contributed by atoms with Crippen LogP contribution in [0.15, 0.2) is 40.0 Å². The van der Waals surface area contributed by atoms with E-state index in [-0.39, 0.29) is 32.2 Å². The average molecular weight is 441 g/mol. The van der Waals surface area contributed by atoms with Gasteiger partial charge < -0.3 is 15.3 Å². The van der Waals surface area contributed by atoms with Crippen molar-refractivity contribution in [2.75, 3.05) is 5.32 Å². The quantitative estimate of drug-likeness (QED) is 0.486. The van der Waals surface area contributed by atoms with E-state index < -0.39 is 15.9 Å². The Labute approximate surface area is 169 Å². The molecule has 28 heavy (non-hydrogen) atoms. The number of nitrogens with one attached hydrogen (secondary N) is 4. The fraction of sp³-hybridized carbons (Fsp3) is 0.176. The van der Waals surface area contributed by atoms with Crippen LogP contribution in [0, 0.1) is 0 Å².